The summed E-state index contributed by atoms with van der Waals surface area (Å²) in [6, 6.07) is 8.35. The number of para-hydroxylation sites is 2. The van der Waals surface area contributed by atoms with E-state index in [0.717, 1.165) is 37.8 Å². The van der Waals surface area contributed by atoms with Gasteiger partial charge < -0.3 is 9.64 Å². The van der Waals surface area contributed by atoms with Crippen LogP contribution in [0.15, 0.2) is 24.3 Å². The van der Waals surface area contributed by atoms with Crippen LogP contribution in [0.1, 0.15) is 33.1 Å². The monoisotopic (exact) mass is 290 g/mol. The molecule has 1 aromatic rings. The third-order valence-corrected chi connectivity index (χ3v) is 4.59. The second-order valence-electron chi connectivity index (χ2n) is 6.02. The van der Waals surface area contributed by atoms with Crippen molar-refractivity contribution in [1.29, 1.82) is 0 Å². The van der Waals surface area contributed by atoms with Gasteiger partial charge in [-0.05, 0) is 24.5 Å². The average molecular weight is 290 g/mol. The molecule has 0 radical (unpaired) electrons. The van der Waals surface area contributed by atoms with E-state index in [4.69, 9.17) is 4.74 Å². The number of piperazine rings is 1. The topological polar surface area (TPSA) is 15.7 Å². The van der Waals surface area contributed by atoms with E-state index >= 15 is 0 Å². The van der Waals surface area contributed by atoms with Crippen LogP contribution in [0.5, 0.6) is 5.75 Å². The molecule has 1 aliphatic rings. The van der Waals surface area contributed by atoms with Crippen LogP contribution < -0.4 is 9.64 Å². The number of benzene rings is 1. The molecule has 0 bridgehead atoms. The number of hydrogen-bond acceptors (Lipinski definition) is 3. The summed E-state index contributed by atoms with van der Waals surface area (Å²) in [4.78, 5) is 5.09. The standard InChI is InChI=1S/C18H30N2O/c1-4-8-16(5-2)15-19-11-13-20(14-12-19)17-9-6-7-10-18(17)21-3/h6-7,9-10,16H,4-5,8,11-15H2,1-3H3. The number of anilines is 1. The van der Waals surface area contributed by atoms with Gasteiger partial charge in [0.1, 0.15) is 5.75 Å². The van der Waals surface area contributed by atoms with Crippen LogP contribution in [0.25, 0.3) is 0 Å². The summed E-state index contributed by atoms with van der Waals surface area (Å²) in [5.41, 5.74) is 1.24. The Morgan fingerprint density at radius 3 is 2.43 bits per heavy atom. The van der Waals surface area contributed by atoms with E-state index in [1.807, 2.05) is 6.07 Å². The number of rotatable bonds is 7. The first kappa shape index (κ1) is 16.2. The number of methoxy groups -OCH3 is 1. The fraction of sp³-hybridized carbons (Fsp3) is 0.667. The molecule has 1 fully saturated rings. The van der Waals surface area contributed by atoms with Crippen molar-refractivity contribution in [2.24, 2.45) is 5.92 Å². The minimum atomic E-state index is 0.868. The van der Waals surface area contributed by atoms with Crippen LogP contribution in [0, 0.1) is 5.92 Å². The van der Waals surface area contributed by atoms with Crippen molar-refractivity contribution in [3.8, 4) is 5.75 Å². The maximum absolute atomic E-state index is 5.48. The van der Waals surface area contributed by atoms with E-state index in [1.165, 1.54) is 31.5 Å². The zero-order valence-electron chi connectivity index (χ0n) is 13.8. The zero-order chi connectivity index (χ0) is 15.1. The molecule has 0 aromatic heterocycles. The summed E-state index contributed by atoms with van der Waals surface area (Å²) in [6.07, 6.45) is 3.98. The van der Waals surface area contributed by atoms with Gasteiger partial charge in [0.2, 0.25) is 0 Å². The van der Waals surface area contributed by atoms with E-state index in [2.05, 4.69) is 41.8 Å². The van der Waals surface area contributed by atoms with E-state index < -0.39 is 0 Å². The molecule has 1 unspecified atom stereocenters. The van der Waals surface area contributed by atoms with Crippen molar-refractivity contribution in [2.75, 3.05) is 44.7 Å². The molecule has 0 spiro atoms. The van der Waals surface area contributed by atoms with Gasteiger partial charge >= 0.3 is 0 Å². The first-order chi connectivity index (χ1) is 10.3. The highest BCUT2D eigenvalue weighted by Gasteiger charge is 2.21. The Hall–Kier alpha value is -1.22. The first-order valence-electron chi connectivity index (χ1n) is 8.38. The Balaban J connectivity index is 1.88. The molecular weight excluding hydrogens is 260 g/mol. The summed E-state index contributed by atoms with van der Waals surface area (Å²) in [7, 11) is 1.76. The minimum Gasteiger partial charge on any atom is -0.495 e. The SMILES string of the molecule is CCCC(CC)CN1CCN(c2ccccc2OC)CC1. The molecule has 1 aliphatic heterocycles. The van der Waals surface area contributed by atoms with Gasteiger partial charge in [0, 0.05) is 32.7 Å². The molecule has 0 amide bonds. The predicted octanol–water partition coefficient (Wildman–Crippen LogP) is 3.64. The molecule has 1 atom stereocenters. The van der Waals surface area contributed by atoms with Crippen molar-refractivity contribution in [2.45, 2.75) is 33.1 Å². The van der Waals surface area contributed by atoms with Crippen LogP contribution in [0.2, 0.25) is 0 Å². The summed E-state index contributed by atoms with van der Waals surface area (Å²) in [5.74, 6) is 1.86. The van der Waals surface area contributed by atoms with E-state index in [1.54, 1.807) is 7.11 Å². The fourth-order valence-corrected chi connectivity index (χ4v) is 3.26. The Morgan fingerprint density at radius 2 is 1.81 bits per heavy atom. The molecular formula is C18H30N2O. The molecule has 21 heavy (non-hydrogen) atoms. The average Bonchev–Trinajstić information content (AvgIpc) is 2.55. The van der Waals surface area contributed by atoms with Gasteiger partial charge in [0.05, 0.1) is 12.8 Å². The van der Waals surface area contributed by atoms with Crippen LogP contribution in [-0.4, -0.2) is 44.7 Å². The Kier molecular flexibility index (Phi) is 6.37. The van der Waals surface area contributed by atoms with Crippen molar-refractivity contribution >= 4 is 5.69 Å². The second-order valence-corrected chi connectivity index (χ2v) is 6.02. The molecule has 1 heterocycles. The molecule has 118 valence electrons. The number of nitrogens with zero attached hydrogens (tertiary/aromatic N) is 2. The minimum absolute atomic E-state index is 0.868. The third kappa shape index (κ3) is 4.37. The Morgan fingerprint density at radius 1 is 1.10 bits per heavy atom. The van der Waals surface area contributed by atoms with Crippen molar-refractivity contribution < 1.29 is 4.74 Å². The van der Waals surface area contributed by atoms with Crippen LogP contribution in [-0.2, 0) is 0 Å². The Labute approximate surface area is 129 Å². The maximum Gasteiger partial charge on any atom is 0.142 e. The molecule has 0 N–H and O–H groups in total. The smallest absolute Gasteiger partial charge is 0.142 e. The molecule has 3 heteroatoms. The maximum atomic E-state index is 5.48. The highest BCUT2D eigenvalue weighted by molar-refractivity contribution is 5.58. The highest BCUT2D eigenvalue weighted by atomic mass is 16.5. The van der Waals surface area contributed by atoms with Crippen LogP contribution in [0.4, 0.5) is 5.69 Å². The Bertz CT molecular complexity index is 413. The van der Waals surface area contributed by atoms with E-state index in [9.17, 15) is 0 Å². The quantitative estimate of drug-likeness (QED) is 0.762. The van der Waals surface area contributed by atoms with Gasteiger partial charge in [-0.1, -0.05) is 38.8 Å². The van der Waals surface area contributed by atoms with Gasteiger partial charge in [-0.25, -0.2) is 0 Å². The van der Waals surface area contributed by atoms with Crippen LogP contribution in [0.3, 0.4) is 0 Å². The van der Waals surface area contributed by atoms with Crippen molar-refractivity contribution in [3.05, 3.63) is 24.3 Å². The molecule has 2 rings (SSSR count). The zero-order valence-corrected chi connectivity index (χ0v) is 13.8. The fourth-order valence-electron chi connectivity index (χ4n) is 3.26. The predicted molar refractivity (Wildman–Crippen MR) is 90.3 cm³/mol. The first-order valence-corrected chi connectivity index (χ1v) is 8.38. The summed E-state index contributed by atoms with van der Waals surface area (Å²) < 4.78 is 5.48. The number of hydrogen-bond donors (Lipinski definition) is 0. The summed E-state index contributed by atoms with van der Waals surface area (Å²) in [5, 5.41) is 0. The lowest BCUT2D eigenvalue weighted by molar-refractivity contribution is 0.209. The lowest BCUT2D eigenvalue weighted by Crippen LogP contribution is -2.47. The lowest BCUT2D eigenvalue weighted by Gasteiger charge is -2.38. The van der Waals surface area contributed by atoms with Crippen LogP contribution >= 0.6 is 0 Å². The van der Waals surface area contributed by atoms with Gasteiger partial charge in [0.15, 0.2) is 0 Å². The largest absolute Gasteiger partial charge is 0.495 e. The molecule has 3 nitrogen and oxygen atoms in total. The molecule has 0 saturated carbocycles. The highest BCUT2D eigenvalue weighted by Crippen LogP contribution is 2.28. The van der Waals surface area contributed by atoms with Gasteiger partial charge in [-0.15, -0.1) is 0 Å². The van der Waals surface area contributed by atoms with E-state index in [-0.39, 0.29) is 0 Å². The van der Waals surface area contributed by atoms with E-state index in [0.29, 0.717) is 0 Å². The lowest BCUT2D eigenvalue weighted by atomic mass is 10.00. The molecule has 0 aliphatic carbocycles. The molecule has 1 aromatic carbocycles. The summed E-state index contributed by atoms with van der Waals surface area (Å²) >= 11 is 0. The summed E-state index contributed by atoms with van der Waals surface area (Å²) in [6.45, 7) is 10.4. The van der Waals surface area contributed by atoms with Gasteiger partial charge in [0.25, 0.3) is 0 Å². The normalized spacial score (nSPS) is 17.8. The number of ether oxygens (including phenoxy) is 1. The van der Waals surface area contributed by atoms with Gasteiger partial charge in [-0.3, -0.25) is 4.90 Å². The van der Waals surface area contributed by atoms with Crippen molar-refractivity contribution in [1.82, 2.24) is 4.90 Å². The third-order valence-electron chi connectivity index (χ3n) is 4.59. The second kappa shape index (κ2) is 8.28. The molecule has 1 saturated heterocycles. The van der Waals surface area contributed by atoms with Gasteiger partial charge in [-0.2, -0.15) is 0 Å². The van der Waals surface area contributed by atoms with Crippen molar-refractivity contribution in [3.63, 3.8) is 0 Å².